The minimum Gasteiger partial charge on any atom is -0.497 e. The summed E-state index contributed by atoms with van der Waals surface area (Å²) in [6, 6.07) is 13.1. The molecule has 2 atom stereocenters. The summed E-state index contributed by atoms with van der Waals surface area (Å²) in [6.45, 7) is 7.03. The van der Waals surface area contributed by atoms with Crippen LogP contribution in [0.1, 0.15) is 23.7 Å². The van der Waals surface area contributed by atoms with E-state index >= 15 is 0 Å². The highest BCUT2D eigenvalue weighted by molar-refractivity contribution is 7.89. The van der Waals surface area contributed by atoms with Crippen LogP contribution in [0.15, 0.2) is 89.2 Å². The fraction of sp³-hybridized carbons (Fsp3) is 0.286. The summed E-state index contributed by atoms with van der Waals surface area (Å²) in [7, 11) is -2.12. The van der Waals surface area contributed by atoms with Crippen LogP contribution < -0.4 is 15.4 Å². The van der Waals surface area contributed by atoms with Crippen molar-refractivity contribution in [1.82, 2.24) is 14.5 Å². The number of nitrogens with zero attached hydrogens (tertiary/aromatic N) is 2. The topological polar surface area (TPSA) is 108 Å². The number of rotatable bonds is 6. The van der Waals surface area contributed by atoms with Crippen molar-refractivity contribution in [2.45, 2.75) is 18.2 Å². The van der Waals surface area contributed by atoms with Gasteiger partial charge in [0.15, 0.2) is 0 Å². The summed E-state index contributed by atoms with van der Waals surface area (Å²) in [5, 5.41) is 5.61. The zero-order chi connectivity index (χ0) is 27.0. The first-order valence-electron chi connectivity index (χ1n) is 12.4. The van der Waals surface area contributed by atoms with Gasteiger partial charge in [-0.15, -0.1) is 0 Å². The van der Waals surface area contributed by atoms with Crippen molar-refractivity contribution in [3.63, 3.8) is 0 Å². The van der Waals surface area contributed by atoms with Gasteiger partial charge >= 0.3 is 0 Å². The van der Waals surface area contributed by atoms with Crippen LogP contribution in [0, 0.1) is 11.8 Å². The van der Waals surface area contributed by atoms with E-state index in [1.54, 1.807) is 47.8 Å². The maximum absolute atomic E-state index is 13.4. The summed E-state index contributed by atoms with van der Waals surface area (Å²) < 4.78 is 33.6. The van der Waals surface area contributed by atoms with E-state index in [4.69, 9.17) is 4.74 Å². The van der Waals surface area contributed by atoms with Crippen LogP contribution in [0.5, 0.6) is 5.75 Å². The Hall–Kier alpha value is -3.89. The molecule has 10 heteroatoms. The van der Waals surface area contributed by atoms with E-state index in [2.05, 4.69) is 22.1 Å². The van der Waals surface area contributed by atoms with E-state index in [-0.39, 0.29) is 28.5 Å². The number of methoxy groups -OCH3 is 1. The maximum Gasteiger partial charge on any atom is 0.255 e. The monoisotopic (exact) mass is 534 g/mol. The highest BCUT2D eigenvalue weighted by Gasteiger charge is 2.43. The van der Waals surface area contributed by atoms with Gasteiger partial charge in [-0.2, -0.15) is 4.31 Å². The minimum atomic E-state index is -3.69. The normalized spacial score (nSPS) is 21.1. The zero-order valence-corrected chi connectivity index (χ0v) is 22.1. The molecule has 198 valence electrons. The number of anilines is 1. The molecular weight excluding hydrogens is 504 g/mol. The van der Waals surface area contributed by atoms with Crippen molar-refractivity contribution >= 4 is 27.5 Å². The second-order valence-electron chi connectivity index (χ2n) is 9.74. The first-order chi connectivity index (χ1) is 18.2. The Balaban J connectivity index is 1.32. The standard InChI is InChI=1S/C28H30N4O5S/c1-18-26(30-28(34)21-4-8-24(37-3)9-5-21)12-13-27-22-14-20(16-32(18)27)15-31(17-22)38(35,36)25-10-6-23(7-11-25)29-19(2)33/h4-13,20,22H,1,14-17H2,2-3H3,(H,29,33)(H,30,34). The molecule has 0 radical (unpaired) electrons. The van der Waals surface area contributed by atoms with Gasteiger partial charge in [-0.25, -0.2) is 8.42 Å². The number of hydrogen-bond acceptors (Lipinski definition) is 6. The number of sulfonamides is 1. The lowest BCUT2D eigenvalue weighted by atomic mass is 9.81. The van der Waals surface area contributed by atoms with Crippen molar-refractivity contribution in [3.05, 3.63) is 89.9 Å². The number of allylic oxidation sites excluding steroid dienone is 2. The van der Waals surface area contributed by atoms with Crippen molar-refractivity contribution in [2.75, 3.05) is 32.1 Å². The van der Waals surface area contributed by atoms with Crippen LogP contribution >= 0.6 is 0 Å². The zero-order valence-electron chi connectivity index (χ0n) is 21.3. The van der Waals surface area contributed by atoms with E-state index in [1.165, 1.54) is 19.1 Å². The molecule has 38 heavy (non-hydrogen) atoms. The van der Waals surface area contributed by atoms with E-state index in [0.717, 1.165) is 12.1 Å². The molecule has 2 aromatic rings. The average molecular weight is 535 g/mol. The van der Waals surface area contributed by atoms with Gasteiger partial charge in [-0.1, -0.05) is 6.58 Å². The lowest BCUT2D eigenvalue weighted by molar-refractivity contribution is -0.114. The number of piperidine rings is 2. The Morgan fingerprint density at radius 1 is 0.974 bits per heavy atom. The fourth-order valence-corrected chi connectivity index (χ4v) is 6.86. The van der Waals surface area contributed by atoms with E-state index in [0.29, 0.717) is 48.0 Å². The first-order valence-corrected chi connectivity index (χ1v) is 13.8. The van der Waals surface area contributed by atoms with Crippen molar-refractivity contribution in [3.8, 4) is 5.75 Å². The first kappa shape index (κ1) is 25.7. The lowest BCUT2D eigenvalue weighted by Crippen LogP contribution is -2.53. The van der Waals surface area contributed by atoms with Crippen LogP contribution in [0.3, 0.4) is 0 Å². The van der Waals surface area contributed by atoms with Gasteiger partial charge in [-0.3, -0.25) is 9.59 Å². The molecule has 2 aromatic carbocycles. The Kier molecular flexibility index (Phi) is 6.85. The summed E-state index contributed by atoms with van der Waals surface area (Å²) >= 11 is 0. The molecule has 2 fully saturated rings. The predicted octanol–water partition coefficient (Wildman–Crippen LogP) is 3.32. The molecule has 3 aliphatic heterocycles. The number of benzene rings is 2. The smallest absolute Gasteiger partial charge is 0.255 e. The van der Waals surface area contributed by atoms with Crippen molar-refractivity contribution in [2.24, 2.45) is 11.8 Å². The van der Waals surface area contributed by atoms with Gasteiger partial charge in [0, 0.05) is 49.4 Å². The Morgan fingerprint density at radius 2 is 1.68 bits per heavy atom. The molecule has 3 heterocycles. The number of fused-ring (bicyclic) bond motifs is 4. The van der Waals surface area contributed by atoms with Crippen molar-refractivity contribution in [1.29, 1.82) is 0 Å². The van der Waals surface area contributed by atoms with Crippen LogP contribution in [0.25, 0.3) is 0 Å². The quantitative estimate of drug-likeness (QED) is 0.589. The summed E-state index contributed by atoms with van der Waals surface area (Å²) in [5.74, 6) is 0.355. The number of hydrogen-bond donors (Lipinski definition) is 2. The van der Waals surface area contributed by atoms with Gasteiger partial charge in [-0.05, 0) is 73.0 Å². The minimum absolute atomic E-state index is 0.0165. The highest BCUT2D eigenvalue weighted by Crippen LogP contribution is 2.41. The SMILES string of the molecule is C=C1C(NC(=O)c2ccc(OC)cc2)=CC=C2C3CC(CN12)CN(S(=O)(=O)c1ccc(NC(C)=O)cc1)C3. The van der Waals surface area contributed by atoms with Crippen LogP contribution in [0.4, 0.5) is 5.69 Å². The number of nitrogens with one attached hydrogen (secondary N) is 2. The number of carbonyl (C=O) groups excluding carboxylic acids is 2. The molecule has 5 rings (SSSR count). The van der Waals surface area contributed by atoms with Gasteiger partial charge < -0.3 is 20.3 Å². The third kappa shape index (κ3) is 4.97. The second-order valence-corrected chi connectivity index (χ2v) is 11.7. The molecule has 0 saturated carbocycles. The molecular formula is C28H30N4O5S. The second kappa shape index (κ2) is 10.1. The van der Waals surface area contributed by atoms with Gasteiger partial charge in [0.1, 0.15) is 5.75 Å². The lowest BCUT2D eigenvalue weighted by Gasteiger charge is -2.49. The van der Waals surface area contributed by atoms with Gasteiger partial charge in [0.05, 0.1) is 23.4 Å². The molecule has 2 bridgehead atoms. The van der Waals surface area contributed by atoms with E-state index in [1.807, 2.05) is 12.2 Å². The molecule has 2 saturated heterocycles. The summed E-state index contributed by atoms with van der Waals surface area (Å²) in [6.07, 6.45) is 4.69. The van der Waals surface area contributed by atoms with Gasteiger partial charge in [0.2, 0.25) is 15.9 Å². The molecule has 2 amide bonds. The largest absolute Gasteiger partial charge is 0.497 e. The Bertz CT molecular complexity index is 1450. The van der Waals surface area contributed by atoms with E-state index < -0.39 is 10.0 Å². The van der Waals surface area contributed by atoms with Gasteiger partial charge in [0.25, 0.3) is 5.91 Å². The maximum atomic E-state index is 13.4. The van der Waals surface area contributed by atoms with E-state index in [9.17, 15) is 18.0 Å². The third-order valence-corrected chi connectivity index (χ3v) is 8.99. The number of amides is 2. The molecule has 2 N–H and O–H groups in total. The highest BCUT2D eigenvalue weighted by atomic mass is 32.2. The summed E-state index contributed by atoms with van der Waals surface area (Å²) in [4.78, 5) is 26.4. The Morgan fingerprint density at radius 3 is 2.34 bits per heavy atom. The molecule has 2 unspecified atom stereocenters. The molecule has 9 nitrogen and oxygen atoms in total. The molecule has 0 spiro atoms. The van der Waals surface area contributed by atoms with Crippen LogP contribution in [-0.4, -0.2) is 56.2 Å². The molecule has 0 aliphatic carbocycles. The van der Waals surface area contributed by atoms with Crippen molar-refractivity contribution < 1.29 is 22.7 Å². The third-order valence-electron chi connectivity index (χ3n) is 7.14. The van der Waals surface area contributed by atoms with Crippen LogP contribution in [-0.2, 0) is 14.8 Å². The fourth-order valence-electron chi connectivity index (χ4n) is 5.30. The van der Waals surface area contributed by atoms with Crippen LogP contribution in [0.2, 0.25) is 0 Å². The Labute approximate surface area is 222 Å². The number of ether oxygens (including phenoxy) is 1. The molecule has 0 aromatic heterocycles. The number of carbonyl (C=O) groups is 2. The predicted molar refractivity (Wildman–Crippen MR) is 144 cm³/mol. The average Bonchev–Trinajstić information content (AvgIpc) is 2.90. The molecule has 3 aliphatic rings. The summed E-state index contributed by atoms with van der Waals surface area (Å²) in [5.41, 5.74) is 3.39.